The molecule has 0 atom stereocenters. The van der Waals surface area contributed by atoms with Crippen molar-refractivity contribution in [2.45, 2.75) is 32.6 Å². The third kappa shape index (κ3) is 4.65. The highest BCUT2D eigenvalue weighted by atomic mass is 127. The molecule has 4 nitrogen and oxygen atoms in total. The summed E-state index contributed by atoms with van der Waals surface area (Å²) in [7, 11) is 1.84. The lowest BCUT2D eigenvalue weighted by molar-refractivity contribution is 0.0952. The van der Waals surface area contributed by atoms with E-state index in [9.17, 15) is 4.79 Å². The minimum absolute atomic E-state index is 0.00410. The molecule has 96 valence electrons. The van der Waals surface area contributed by atoms with E-state index in [1.165, 1.54) is 17.3 Å². The third-order valence-corrected chi connectivity index (χ3v) is 3.34. The van der Waals surface area contributed by atoms with Crippen LogP contribution < -0.4 is 5.32 Å². The average molecular weight is 349 g/mol. The maximum absolute atomic E-state index is 11.9. The smallest absolute Gasteiger partial charge is 0.254 e. The second-order valence-corrected chi connectivity index (χ2v) is 5.10. The third-order valence-electron chi connectivity index (χ3n) is 2.58. The van der Waals surface area contributed by atoms with Gasteiger partial charge in [0.1, 0.15) is 0 Å². The Morgan fingerprint density at radius 2 is 2.24 bits per heavy atom. The van der Waals surface area contributed by atoms with Crippen LogP contribution in [0.5, 0.6) is 0 Å². The van der Waals surface area contributed by atoms with Crippen molar-refractivity contribution in [3.8, 4) is 0 Å². The molecule has 0 radical (unpaired) electrons. The number of aromatic nitrogens is 2. The van der Waals surface area contributed by atoms with Gasteiger partial charge in [0, 0.05) is 19.8 Å². The molecule has 1 rings (SSSR count). The lowest BCUT2D eigenvalue weighted by atomic mass is 10.2. The molecule has 0 spiro atoms. The molecular formula is C12H20IN3O. The minimum atomic E-state index is 0.00410. The maximum Gasteiger partial charge on any atom is 0.254 e. The van der Waals surface area contributed by atoms with Gasteiger partial charge in [-0.05, 0) is 23.7 Å². The van der Waals surface area contributed by atoms with E-state index in [0.29, 0.717) is 5.56 Å². The molecular weight excluding hydrogens is 329 g/mol. The zero-order valence-electron chi connectivity index (χ0n) is 10.5. The summed E-state index contributed by atoms with van der Waals surface area (Å²) in [5.41, 5.74) is 1.58. The Morgan fingerprint density at radius 3 is 2.88 bits per heavy atom. The van der Waals surface area contributed by atoms with E-state index in [0.717, 1.165) is 25.1 Å². The second kappa shape index (κ2) is 7.68. The number of aryl methyl sites for hydroxylation is 2. The molecule has 0 saturated heterocycles. The van der Waals surface area contributed by atoms with E-state index in [1.807, 2.05) is 14.0 Å². The normalized spacial score (nSPS) is 10.5. The fourth-order valence-corrected chi connectivity index (χ4v) is 2.22. The predicted octanol–water partition coefficient (Wildman–Crippen LogP) is 2.32. The van der Waals surface area contributed by atoms with Gasteiger partial charge >= 0.3 is 0 Å². The van der Waals surface area contributed by atoms with Crippen molar-refractivity contribution in [2.75, 3.05) is 11.0 Å². The van der Waals surface area contributed by atoms with Crippen LogP contribution in [0.3, 0.4) is 0 Å². The Kier molecular flexibility index (Phi) is 6.54. The van der Waals surface area contributed by atoms with Gasteiger partial charge in [0.2, 0.25) is 0 Å². The number of hydrogen-bond donors (Lipinski definition) is 1. The molecule has 0 saturated carbocycles. The Morgan fingerprint density at radius 1 is 1.47 bits per heavy atom. The summed E-state index contributed by atoms with van der Waals surface area (Å²) in [5, 5.41) is 7.21. The topological polar surface area (TPSA) is 46.9 Å². The molecule has 1 heterocycles. The van der Waals surface area contributed by atoms with Crippen molar-refractivity contribution in [3.05, 3.63) is 17.5 Å². The highest BCUT2D eigenvalue weighted by Crippen LogP contribution is 2.07. The number of nitrogens with zero attached hydrogens (tertiary/aromatic N) is 2. The molecule has 1 N–H and O–H groups in total. The van der Waals surface area contributed by atoms with Gasteiger partial charge < -0.3 is 5.32 Å². The van der Waals surface area contributed by atoms with Crippen LogP contribution in [-0.2, 0) is 13.5 Å². The Labute approximate surface area is 116 Å². The summed E-state index contributed by atoms with van der Waals surface area (Å²) in [5.74, 6) is 0.00410. The van der Waals surface area contributed by atoms with E-state index >= 15 is 0 Å². The quantitative estimate of drug-likeness (QED) is 0.467. The SMILES string of the molecule is CCc1nn(C)cc1C(=O)NCCCCCI. The van der Waals surface area contributed by atoms with Crippen LogP contribution in [0.25, 0.3) is 0 Å². The predicted molar refractivity (Wildman–Crippen MR) is 77.7 cm³/mol. The van der Waals surface area contributed by atoms with Gasteiger partial charge in [-0.25, -0.2) is 0 Å². The number of nitrogens with one attached hydrogen (secondary N) is 1. The van der Waals surface area contributed by atoms with Crippen LogP contribution in [-0.4, -0.2) is 26.7 Å². The zero-order valence-corrected chi connectivity index (χ0v) is 12.7. The highest BCUT2D eigenvalue weighted by Gasteiger charge is 2.13. The van der Waals surface area contributed by atoms with Gasteiger partial charge in [-0.15, -0.1) is 0 Å². The number of alkyl halides is 1. The molecule has 1 aromatic rings. The van der Waals surface area contributed by atoms with Crippen LogP contribution in [0.1, 0.15) is 42.2 Å². The molecule has 5 heteroatoms. The average Bonchev–Trinajstić information content (AvgIpc) is 2.70. The summed E-state index contributed by atoms with van der Waals surface area (Å²) in [4.78, 5) is 11.9. The molecule has 17 heavy (non-hydrogen) atoms. The van der Waals surface area contributed by atoms with Crippen LogP contribution >= 0.6 is 22.6 Å². The van der Waals surface area contributed by atoms with Crippen molar-refractivity contribution in [1.82, 2.24) is 15.1 Å². The summed E-state index contributed by atoms with van der Waals surface area (Å²) in [6.07, 6.45) is 6.04. The Bertz CT molecular complexity index is 363. The van der Waals surface area contributed by atoms with E-state index < -0.39 is 0 Å². The molecule has 0 unspecified atom stereocenters. The minimum Gasteiger partial charge on any atom is -0.352 e. The van der Waals surface area contributed by atoms with Crippen LogP contribution in [0.15, 0.2) is 6.20 Å². The fourth-order valence-electron chi connectivity index (χ4n) is 1.68. The maximum atomic E-state index is 11.9. The highest BCUT2D eigenvalue weighted by molar-refractivity contribution is 14.1. The van der Waals surface area contributed by atoms with Gasteiger partial charge in [0.15, 0.2) is 0 Å². The van der Waals surface area contributed by atoms with Crippen LogP contribution in [0.2, 0.25) is 0 Å². The zero-order chi connectivity index (χ0) is 12.7. The Hall–Kier alpha value is -0.590. The number of carbonyl (C=O) groups is 1. The Balaban J connectivity index is 2.41. The van der Waals surface area contributed by atoms with Gasteiger partial charge in [-0.1, -0.05) is 35.9 Å². The lowest BCUT2D eigenvalue weighted by Gasteiger charge is -2.04. The first kappa shape index (κ1) is 14.5. The molecule has 1 amide bonds. The van der Waals surface area contributed by atoms with E-state index in [4.69, 9.17) is 0 Å². The van der Waals surface area contributed by atoms with Crippen molar-refractivity contribution in [1.29, 1.82) is 0 Å². The number of amides is 1. The van der Waals surface area contributed by atoms with Crippen LogP contribution in [0.4, 0.5) is 0 Å². The second-order valence-electron chi connectivity index (χ2n) is 4.02. The standard InChI is InChI=1S/C12H20IN3O/c1-3-11-10(9-16(2)15-11)12(17)14-8-6-4-5-7-13/h9H,3-8H2,1-2H3,(H,14,17). The molecule has 0 bridgehead atoms. The van der Waals surface area contributed by atoms with E-state index in [-0.39, 0.29) is 5.91 Å². The summed E-state index contributed by atoms with van der Waals surface area (Å²) in [6, 6.07) is 0. The van der Waals surface area contributed by atoms with Crippen LogP contribution in [0, 0.1) is 0 Å². The number of hydrogen-bond acceptors (Lipinski definition) is 2. The lowest BCUT2D eigenvalue weighted by Crippen LogP contribution is -2.25. The summed E-state index contributed by atoms with van der Waals surface area (Å²) in [6.45, 7) is 2.77. The van der Waals surface area contributed by atoms with Gasteiger partial charge in [-0.2, -0.15) is 5.10 Å². The molecule has 0 aliphatic rings. The number of rotatable bonds is 7. The van der Waals surface area contributed by atoms with Crippen molar-refractivity contribution < 1.29 is 4.79 Å². The molecule has 0 aliphatic carbocycles. The molecule has 0 aromatic carbocycles. The molecule has 1 aromatic heterocycles. The van der Waals surface area contributed by atoms with Gasteiger partial charge in [0.25, 0.3) is 5.91 Å². The van der Waals surface area contributed by atoms with Crippen molar-refractivity contribution >= 4 is 28.5 Å². The first-order chi connectivity index (χ1) is 8.19. The molecule has 0 aliphatic heterocycles. The molecule has 0 fully saturated rings. The van der Waals surface area contributed by atoms with Gasteiger partial charge in [-0.3, -0.25) is 9.48 Å². The van der Waals surface area contributed by atoms with Gasteiger partial charge in [0.05, 0.1) is 11.3 Å². The summed E-state index contributed by atoms with van der Waals surface area (Å²) < 4.78 is 2.89. The van der Waals surface area contributed by atoms with E-state index in [2.05, 4.69) is 33.0 Å². The van der Waals surface area contributed by atoms with Crippen molar-refractivity contribution in [2.24, 2.45) is 7.05 Å². The number of halogens is 1. The summed E-state index contributed by atoms with van der Waals surface area (Å²) >= 11 is 2.38. The first-order valence-corrected chi connectivity index (χ1v) is 7.58. The fraction of sp³-hybridized carbons (Fsp3) is 0.667. The van der Waals surface area contributed by atoms with E-state index in [1.54, 1.807) is 10.9 Å². The number of unbranched alkanes of at least 4 members (excludes halogenated alkanes) is 2. The monoisotopic (exact) mass is 349 g/mol. The largest absolute Gasteiger partial charge is 0.352 e. The number of carbonyl (C=O) groups excluding carboxylic acids is 1. The van der Waals surface area contributed by atoms with Crippen molar-refractivity contribution in [3.63, 3.8) is 0 Å². The first-order valence-electron chi connectivity index (χ1n) is 6.05.